The van der Waals surface area contributed by atoms with Crippen molar-refractivity contribution in [1.29, 1.82) is 0 Å². The van der Waals surface area contributed by atoms with Gasteiger partial charge in [-0.2, -0.15) is 0 Å². The molecule has 0 spiro atoms. The van der Waals surface area contributed by atoms with Crippen LogP contribution in [0.25, 0.3) is 27.6 Å². The van der Waals surface area contributed by atoms with Crippen molar-refractivity contribution in [2.45, 2.75) is 0 Å². The first-order valence-corrected chi connectivity index (χ1v) is 7.21. The zero-order valence-electron chi connectivity index (χ0n) is 9.85. The molecule has 0 amide bonds. The van der Waals surface area contributed by atoms with E-state index in [1.807, 2.05) is 0 Å². The van der Waals surface area contributed by atoms with Crippen LogP contribution in [0.2, 0.25) is 0 Å². The molecular weight excluding hydrogens is 232 g/mol. The monoisotopic (exact) mass is 243 g/mol. The van der Waals surface area contributed by atoms with Crippen molar-refractivity contribution in [1.82, 2.24) is 0 Å². The molecule has 0 unspecified atom stereocenters. The van der Waals surface area contributed by atoms with Gasteiger partial charge in [0.15, 0.2) is 0 Å². The van der Waals surface area contributed by atoms with Crippen LogP contribution in [-0.2, 0) is 0 Å². The molecule has 0 N–H and O–H groups in total. The molecule has 0 atom stereocenters. The Morgan fingerprint density at radius 1 is 0.778 bits per heavy atom. The van der Waals surface area contributed by atoms with Crippen molar-refractivity contribution in [2.24, 2.45) is 0 Å². The fourth-order valence-electron chi connectivity index (χ4n) is 2.61. The van der Waals surface area contributed by atoms with Crippen LogP contribution in [0.15, 0.2) is 60.3 Å². The number of hydrogen-bond acceptors (Lipinski definition) is 0. The Bertz CT molecular complexity index is 917. The van der Waals surface area contributed by atoms with Gasteiger partial charge in [-0.25, -0.2) is 0 Å². The summed E-state index contributed by atoms with van der Waals surface area (Å²) >= 11 is 0. The molecule has 0 saturated heterocycles. The SMILES string of the molecule is C1=C[Si]=c2c(ccc3cc4ccccc4cc23)=C1. The molecule has 3 aromatic rings. The van der Waals surface area contributed by atoms with Gasteiger partial charge in [-0.15, -0.1) is 0 Å². The maximum absolute atomic E-state index is 2.34. The normalized spacial score (nSPS) is 13.1. The van der Waals surface area contributed by atoms with E-state index in [0.29, 0.717) is 0 Å². The van der Waals surface area contributed by atoms with Gasteiger partial charge in [0.05, 0.1) is 9.13 Å². The molecule has 4 rings (SSSR count). The van der Waals surface area contributed by atoms with Crippen molar-refractivity contribution < 1.29 is 0 Å². The van der Waals surface area contributed by atoms with Gasteiger partial charge in [-0.05, 0) is 43.7 Å². The lowest BCUT2D eigenvalue weighted by atomic mass is 10.0. The zero-order chi connectivity index (χ0) is 11.9. The smallest absolute Gasteiger partial charge is 0.0614 e. The van der Waals surface area contributed by atoms with E-state index in [1.165, 1.54) is 31.6 Å². The van der Waals surface area contributed by atoms with Crippen molar-refractivity contribution in [2.75, 3.05) is 0 Å². The van der Waals surface area contributed by atoms with Crippen molar-refractivity contribution in [3.05, 3.63) is 70.3 Å². The Morgan fingerprint density at radius 2 is 1.61 bits per heavy atom. The maximum Gasteiger partial charge on any atom is 0.0614 e. The topological polar surface area (TPSA) is 0 Å². The average molecular weight is 243 g/mol. The summed E-state index contributed by atoms with van der Waals surface area (Å²) in [6.45, 7) is 0. The second-order valence-corrected chi connectivity index (χ2v) is 5.74. The van der Waals surface area contributed by atoms with Gasteiger partial charge in [0.1, 0.15) is 0 Å². The third-order valence-electron chi connectivity index (χ3n) is 3.52. The molecule has 83 valence electrons. The molecule has 18 heavy (non-hydrogen) atoms. The molecule has 1 aliphatic heterocycles. The lowest BCUT2D eigenvalue weighted by Crippen LogP contribution is -2.06. The average Bonchev–Trinajstić information content (AvgIpc) is 2.45. The van der Waals surface area contributed by atoms with Gasteiger partial charge in [0.25, 0.3) is 0 Å². The number of allylic oxidation sites excluding steroid dienone is 1. The summed E-state index contributed by atoms with van der Waals surface area (Å²) in [5, 5.41) is 6.79. The molecule has 1 radical (unpaired) electrons. The number of fused-ring (bicyclic) bond motifs is 4. The van der Waals surface area contributed by atoms with Gasteiger partial charge in [-0.3, -0.25) is 0 Å². The van der Waals surface area contributed by atoms with Gasteiger partial charge in [0.2, 0.25) is 0 Å². The Labute approximate surface area is 107 Å². The predicted octanol–water partition coefficient (Wildman–Crippen LogP) is 3.26. The first kappa shape index (κ1) is 9.98. The summed E-state index contributed by atoms with van der Waals surface area (Å²) in [7, 11) is 0.786. The van der Waals surface area contributed by atoms with E-state index in [0.717, 1.165) is 9.13 Å². The Balaban J connectivity index is 2.28. The Hall–Kier alpha value is -1.99. The van der Waals surface area contributed by atoms with E-state index in [9.17, 15) is 0 Å². The Kier molecular flexibility index (Phi) is 2.08. The van der Waals surface area contributed by atoms with Gasteiger partial charge in [0, 0.05) is 0 Å². The van der Waals surface area contributed by atoms with Crippen molar-refractivity contribution in [3.63, 3.8) is 0 Å². The largest absolute Gasteiger partial charge is 0.0766 e. The summed E-state index contributed by atoms with van der Waals surface area (Å²) in [4.78, 5) is 1.49. The molecule has 0 aromatic heterocycles. The molecule has 1 heteroatoms. The van der Waals surface area contributed by atoms with Crippen LogP contribution >= 0.6 is 0 Å². The van der Waals surface area contributed by atoms with Crippen LogP contribution in [0.4, 0.5) is 0 Å². The van der Waals surface area contributed by atoms with Crippen LogP contribution in [0.1, 0.15) is 0 Å². The first-order chi connectivity index (χ1) is 8.92. The fraction of sp³-hybridized carbons (Fsp3) is 0. The predicted molar refractivity (Wildman–Crippen MR) is 79.3 cm³/mol. The lowest BCUT2D eigenvalue weighted by Gasteiger charge is -2.05. The quantitative estimate of drug-likeness (QED) is 0.420. The van der Waals surface area contributed by atoms with Crippen molar-refractivity contribution in [3.8, 4) is 0 Å². The second kappa shape index (κ2) is 3.75. The van der Waals surface area contributed by atoms with E-state index < -0.39 is 0 Å². The zero-order valence-corrected chi connectivity index (χ0v) is 10.9. The van der Waals surface area contributed by atoms with E-state index in [2.05, 4.69) is 66.4 Å². The molecule has 0 saturated carbocycles. The third-order valence-corrected chi connectivity index (χ3v) is 4.72. The van der Waals surface area contributed by atoms with E-state index in [4.69, 9.17) is 0 Å². The summed E-state index contributed by atoms with van der Waals surface area (Å²) < 4.78 is 0. The molecule has 1 heterocycles. The summed E-state index contributed by atoms with van der Waals surface area (Å²) in [5.41, 5.74) is 2.26. The van der Waals surface area contributed by atoms with Gasteiger partial charge in [-0.1, -0.05) is 54.2 Å². The molecule has 0 bridgehead atoms. The lowest BCUT2D eigenvalue weighted by molar-refractivity contribution is 1.63. The standard InChI is InChI=1S/C17H11Si/c1-2-5-14-11-16-15(10-13(14)4-1)8-7-12-6-3-9-18-17(12)16/h1-11H. The first-order valence-electron chi connectivity index (χ1n) is 6.14. The molecule has 0 fully saturated rings. The van der Waals surface area contributed by atoms with Gasteiger partial charge < -0.3 is 0 Å². The fourth-order valence-corrected chi connectivity index (χ4v) is 3.68. The Morgan fingerprint density at radius 3 is 2.50 bits per heavy atom. The summed E-state index contributed by atoms with van der Waals surface area (Å²) in [6, 6.07) is 17.7. The summed E-state index contributed by atoms with van der Waals surface area (Å²) in [5.74, 6) is 0. The number of hydrogen-bond donors (Lipinski definition) is 0. The maximum atomic E-state index is 2.34. The molecular formula is C17H11Si. The molecule has 1 aliphatic rings. The third kappa shape index (κ3) is 1.41. The van der Waals surface area contributed by atoms with Crippen molar-refractivity contribution >= 4 is 36.8 Å². The van der Waals surface area contributed by atoms with Crippen LogP contribution in [-0.4, -0.2) is 9.13 Å². The van der Waals surface area contributed by atoms with E-state index in [-0.39, 0.29) is 0 Å². The van der Waals surface area contributed by atoms with Crippen LogP contribution in [0, 0.1) is 4.81 Å². The minimum absolute atomic E-state index is 0.786. The molecule has 3 aromatic carbocycles. The summed E-state index contributed by atoms with van der Waals surface area (Å²) in [6.07, 6.45) is 4.37. The minimum atomic E-state index is 0.786. The minimum Gasteiger partial charge on any atom is -0.0766 e. The number of benzene rings is 3. The number of rotatable bonds is 0. The van der Waals surface area contributed by atoms with E-state index in [1.54, 1.807) is 0 Å². The molecule has 0 nitrogen and oxygen atoms in total. The van der Waals surface area contributed by atoms with E-state index >= 15 is 0 Å². The van der Waals surface area contributed by atoms with Crippen LogP contribution in [0.5, 0.6) is 0 Å². The van der Waals surface area contributed by atoms with Crippen LogP contribution in [0.3, 0.4) is 0 Å². The molecule has 0 aliphatic carbocycles. The van der Waals surface area contributed by atoms with Crippen LogP contribution < -0.4 is 5.22 Å². The highest BCUT2D eigenvalue weighted by Crippen LogP contribution is 2.22. The second-order valence-electron chi connectivity index (χ2n) is 4.62. The highest BCUT2D eigenvalue weighted by Gasteiger charge is 2.00. The van der Waals surface area contributed by atoms with Gasteiger partial charge >= 0.3 is 0 Å². The highest BCUT2D eigenvalue weighted by molar-refractivity contribution is 6.36. The highest BCUT2D eigenvalue weighted by atomic mass is 28.2.